The quantitative estimate of drug-likeness (QED) is 0.741. The number of hydrogen-bond acceptors (Lipinski definition) is 3. The topological polar surface area (TPSA) is 41.6 Å². The van der Waals surface area contributed by atoms with Crippen molar-refractivity contribution < 1.29 is 9.53 Å². The Hall–Kier alpha value is -0.610. The van der Waals surface area contributed by atoms with Crippen LogP contribution in [0.1, 0.15) is 46.5 Å². The molecule has 0 aliphatic carbocycles. The highest BCUT2D eigenvalue weighted by Gasteiger charge is 2.16. The zero-order chi connectivity index (χ0) is 13.8. The minimum absolute atomic E-state index is 0.134. The van der Waals surface area contributed by atoms with Gasteiger partial charge in [0.2, 0.25) is 5.91 Å². The summed E-state index contributed by atoms with van der Waals surface area (Å²) in [7, 11) is 2.14. The zero-order valence-electron chi connectivity index (χ0n) is 12.5. The monoisotopic (exact) mass is 258 g/mol. The van der Waals surface area contributed by atoms with Crippen molar-refractivity contribution in [1.29, 1.82) is 0 Å². The van der Waals surface area contributed by atoms with Crippen LogP contribution < -0.4 is 5.32 Å². The van der Waals surface area contributed by atoms with E-state index in [9.17, 15) is 4.79 Å². The van der Waals surface area contributed by atoms with Gasteiger partial charge in [0.15, 0.2) is 0 Å². The number of carbonyl (C=O) groups excluding carboxylic acids is 1. The maximum atomic E-state index is 11.2. The highest BCUT2D eigenvalue weighted by atomic mass is 16.5. The third-order valence-corrected chi connectivity index (χ3v) is 2.92. The van der Waals surface area contributed by atoms with Crippen molar-refractivity contribution in [2.75, 3.05) is 33.3 Å². The smallest absolute Gasteiger partial charge is 0.220 e. The molecule has 0 saturated carbocycles. The second-order valence-corrected chi connectivity index (χ2v) is 4.47. The summed E-state index contributed by atoms with van der Waals surface area (Å²) in [6.07, 6.45) is 4.13. The van der Waals surface area contributed by atoms with Crippen molar-refractivity contribution in [3.63, 3.8) is 0 Å². The van der Waals surface area contributed by atoms with Gasteiger partial charge in [0.05, 0.1) is 12.7 Å². The van der Waals surface area contributed by atoms with Crippen LogP contribution in [0.15, 0.2) is 0 Å². The molecule has 1 rings (SSSR count). The molecule has 18 heavy (non-hydrogen) atoms. The van der Waals surface area contributed by atoms with E-state index in [1.54, 1.807) is 0 Å². The number of hydrogen-bond donors (Lipinski definition) is 1. The van der Waals surface area contributed by atoms with Gasteiger partial charge in [0, 0.05) is 26.1 Å². The van der Waals surface area contributed by atoms with E-state index in [0.717, 1.165) is 32.4 Å². The average Bonchev–Trinajstić information content (AvgIpc) is 2.39. The molecule has 1 N–H and O–H groups in total. The molecule has 0 aromatic rings. The molecule has 1 fully saturated rings. The van der Waals surface area contributed by atoms with Crippen LogP contribution in [0, 0.1) is 0 Å². The number of ether oxygens (including phenoxy) is 1. The molecule has 0 spiro atoms. The van der Waals surface area contributed by atoms with Crippen LogP contribution in [0.3, 0.4) is 0 Å². The summed E-state index contributed by atoms with van der Waals surface area (Å²) in [5.74, 6) is 0.134. The predicted octanol–water partition coefficient (Wildman–Crippen LogP) is 2.04. The number of likely N-dealkylation sites (tertiary alicyclic amines) is 1. The van der Waals surface area contributed by atoms with E-state index in [2.05, 4.69) is 17.3 Å². The second-order valence-electron chi connectivity index (χ2n) is 4.47. The maximum Gasteiger partial charge on any atom is 0.220 e. The Bertz CT molecular complexity index is 202. The van der Waals surface area contributed by atoms with E-state index in [0.29, 0.717) is 25.7 Å². The number of nitrogens with zero attached hydrogens (tertiary/aromatic N) is 1. The summed E-state index contributed by atoms with van der Waals surface area (Å²) in [5.41, 5.74) is 0. The van der Waals surface area contributed by atoms with Crippen molar-refractivity contribution in [2.45, 2.75) is 52.6 Å². The zero-order valence-corrected chi connectivity index (χ0v) is 12.5. The van der Waals surface area contributed by atoms with Crippen LogP contribution in [0.4, 0.5) is 0 Å². The minimum atomic E-state index is 0.134. The van der Waals surface area contributed by atoms with E-state index in [1.807, 2.05) is 20.8 Å². The van der Waals surface area contributed by atoms with Crippen molar-refractivity contribution in [3.8, 4) is 0 Å². The van der Waals surface area contributed by atoms with Crippen LogP contribution in [0.5, 0.6) is 0 Å². The molecule has 1 heterocycles. The highest BCUT2D eigenvalue weighted by Crippen LogP contribution is 2.11. The summed E-state index contributed by atoms with van der Waals surface area (Å²) in [4.78, 5) is 13.5. The summed E-state index contributed by atoms with van der Waals surface area (Å²) in [5, 5.41) is 2.86. The van der Waals surface area contributed by atoms with E-state index < -0.39 is 0 Å². The van der Waals surface area contributed by atoms with Gasteiger partial charge >= 0.3 is 0 Å². The first-order valence-corrected chi connectivity index (χ1v) is 7.29. The van der Waals surface area contributed by atoms with Crippen LogP contribution >= 0.6 is 0 Å². The number of piperidine rings is 1. The van der Waals surface area contributed by atoms with Crippen molar-refractivity contribution in [2.24, 2.45) is 0 Å². The van der Waals surface area contributed by atoms with Gasteiger partial charge in [-0.3, -0.25) is 4.79 Å². The third-order valence-electron chi connectivity index (χ3n) is 2.92. The first-order chi connectivity index (χ1) is 8.72. The van der Waals surface area contributed by atoms with Gasteiger partial charge in [0.1, 0.15) is 0 Å². The fourth-order valence-corrected chi connectivity index (χ4v) is 1.88. The Morgan fingerprint density at radius 1 is 1.33 bits per heavy atom. The standard InChI is InChI=1S/C12H24N2O2.C2H6/c1-3-4-12(15)13-7-10-16-11-5-8-14(2)9-6-11;1-2/h11H,3-10H2,1-2H3,(H,13,15);1-2H3. The molecule has 0 aromatic heterocycles. The van der Waals surface area contributed by atoms with Gasteiger partial charge < -0.3 is 15.0 Å². The molecule has 4 heteroatoms. The summed E-state index contributed by atoms with van der Waals surface area (Å²) < 4.78 is 5.72. The van der Waals surface area contributed by atoms with Gasteiger partial charge in [-0.15, -0.1) is 0 Å². The lowest BCUT2D eigenvalue weighted by atomic mass is 10.1. The molecule has 0 atom stereocenters. The summed E-state index contributed by atoms with van der Waals surface area (Å²) in [6.45, 7) is 9.53. The van der Waals surface area contributed by atoms with E-state index in [-0.39, 0.29) is 5.91 Å². The van der Waals surface area contributed by atoms with Gasteiger partial charge in [-0.05, 0) is 26.3 Å². The maximum absolute atomic E-state index is 11.2. The minimum Gasteiger partial charge on any atom is -0.376 e. The molecule has 108 valence electrons. The number of rotatable bonds is 6. The fraction of sp³-hybridized carbons (Fsp3) is 0.929. The van der Waals surface area contributed by atoms with Crippen molar-refractivity contribution in [1.82, 2.24) is 10.2 Å². The van der Waals surface area contributed by atoms with Crippen LogP contribution in [-0.2, 0) is 9.53 Å². The molecular weight excluding hydrogens is 228 g/mol. The van der Waals surface area contributed by atoms with Crippen LogP contribution in [0.25, 0.3) is 0 Å². The van der Waals surface area contributed by atoms with Crippen LogP contribution in [-0.4, -0.2) is 50.2 Å². The lowest BCUT2D eigenvalue weighted by Crippen LogP contribution is -2.35. The Labute approximate surface area is 112 Å². The fourth-order valence-electron chi connectivity index (χ4n) is 1.88. The second kappa shape index (κ2) is 11.5. The number of carbonyl (C=O) groups is 1. The van der Waals surface area contributed by atoms with E-state index in [4.69, 9.17) is 4.74 Å². The molecule has 1 saturated heterocycles. The summed E-state index contributed by atoms with van der Waals surface area (Å²) >= 11 is 0. The molecular formula is C14H30N2O2. The Morgan fingerprint density at radius 3 is 2.50 bits per heavy atom. The first-order valence-electron chi connectivity index (χ1n) is 7.29. The SMILES string of the molecule is CC.CCCC(=O)NCCOC1CCN(C)CC1. The molecule has 1 aliphatic rings. The molecule has 0 aromatic carbocycles. The van der Waals surface area contributed by atoms with Gasteiger partial charge in [-0.2, -0.15) is 0 Å². The number of nitrogens with one attached hydrogen (secondary N) is 1. The highest BCUT2D eigenvalue weighted by molar-refractivity contribution is 5.75. The molecule has 1 aliphatic heterocycles. The lowest BCUT2D eigenvalue weighted by molar-refractivity contribution is -0.121. The lowest BCUT2D eigenvalue weighted by Gasteiger charge is -2.28. The summed E-state index contributed by atoms with van der Waals surface area (Å²) in [6, 6.07) is 0. The third kappa shape index (κ3) is 8.48. The normalized spacial score (nSPS) is 16.9. The van der Waals surface area contributed by atoms with Crippen LogP contribution in [0.2, 0.25) is 0 Å². The Balaban J connectivity index is 0.00000137. The van der Waals surface area contributed by atoms with Gasteiger partial charge in [-0.1, -0.05) is 20.8 Å². The molecule has 0 bridgehead atoms. The molecule has 4 nitrogen and oxygen atoms in total. The average molecular weight is 258 g/mol. The van der Waals surface area contributed by atoms with Crippen molar-refractivity contribution >= 4 is 5.91 Å². The predicted molar refractivity (Wildman–Crippen MR) is 75.7 cm³/mol. The molecule has 0 unspecified atom stereocenters. The first kappa shape index (κ1) is 17.4. The van der Waals surface area contributed by atoms with Crippen molar-refractivity contribution in [3.05, 3.63) is 0 Å². The van der Waals surface area contributed by atoms with Gasteiger partial charge in [0.25, 0.3) is 0 Å². The van der Waals surface area contributed by atoms with Gasteiger partial charge in [-0.25, -0.2) is 0 Å². The Kier molecular flexibility index (Phi) is 11.1. The number of amides is 1. The van der Waals surface area contributed by atoms with E-state index in [1.165, 1.54) is 0 Å². The molecule has 0 radical (unpaired) electrons. The Morgan fingerprint density at radius 2 is 1.94 bits per heavy atom. The molecule has 1 amide bonds. The van der Waals surface area contributed by atoms with E-state index >= 15 is 0 Å². The largest absolute Gasteiger partial charge is 0.376 e.